The molecule has 1 amide bonds. The first-order valence-electron chi connectivity index (χ1n) is 9.64. The molecule has 0 aliphatic carbocycles. The van der Waals surface area contributed by atoms with Gasteiger partial charge < -0.3 is 14.6 Å². The van der Waals surface area contributed by atoms with Crippen molar-refractivity contribution in [3.8, 4) is 17.1 Å². The molecule has 0 aliphatic rings. The van der Waals surface area contributed by atoms with Gasteiger partial charge in [-0.2, -0.15) is 0 Å². The minimum atomic E-state index is -0.00516. The van der Waals surface area contributed by atoms with Crippen LogP contribution in [0.4, 0.5) is 0 Å². The molecule has 29 heavy (non-hydrogen) atoms. The van der Waals surface area contributed by atoms with Gasteiger partial charge in [-0.05, 0) is 42.7 Å². The molecule has 0 fully saturated rings. The molecule has 0 saturated carbocycles. The highest BCUT2D eigenvalue weighted by atomic mass is 32.2. The SMILES string of the molecule is CCn1c(SCC(=O)NC[C@@H](C)c2ccccc2)nnc1-c1ccc(OC)cc1. The number of thioether (sulfide) groups is 1. The van der Waals surface area contributed by atoms with Crippen LogP contribution in [0.3, 0.4) is 0 Å². The number of ether oxygens (including phenoxy) is 1. The van der Waals surface area contributed by atoms with Gasteiger partial charge in [0.2, 0.25) is 5.91 Å². The van der Waals surface area contributed by atoms with E-state index in [2.05, 4.69) is 34.6 Å². The number of rotatable bonds is 9. The average Bonchev–Trinajstić information content (AvgIpc) is 3.19. The van der Waals surface area contributed by atoms with Crippen LogP contribution >= 0.6 is 11.8 Å². The monoisotopic (exact) mass is 410 g/mol. The predicted octanol–water partition coefficient (Wildman–Crippen LogP) is 3.99. The van der Waals surface area contributed by atoms with Gasteiger partial charge in [0, 0.05) is 18.7 Å². The minimum absolute atomic E-state index is 0.00516. The fraction of sp³-hybridized carbons (Fsp3) is 0.318. The van der Waals surface area contributed by atoms with E-state index in [9.17, 15) is 4.79 Å². The molecule has 0 saturated heterocycles. The van der Waals surface area contributed by atoms with Gasteiger partial charge in [-0.25, -0.2) is 0 Å². The Kier molecular flexibility index (Phi) is 7.30. The summed E-state index contributed by atoms with van der Waals surface area (Å²) in [5.74, 6) is 2.16. The van der Waals surface area contributed by atoms with Crippen LogP contribution in [0.1, 0.15) is 25.3 Å². The van der Waals surface area contributed by atoms with Crippen molar-refractivity contribution in [1.29, 1.82) is 0 Å². The van der Waals surface area contributed by atoms with E-state index in [-0.39, 0.29) is 11.8 Å². The number of benzene rings is 2. The molecule has 0 spiro atoms. The van der Waals surface area contributed by atoms with E-state index >= 15 is 0 Å². The summed E-state index contributed by atoms with van der Waals surface area (Å²) < 4.78 is 7.23. The molecule has 1 atom stereocenters. The Bertz CT molecular complexity index is 926. The summed E-state index contributed by atoms with van der Waals surface area (Å²) in [7, 11) is 1.64. The molecular weight excluding hydrogens is 384 g/mol. The molecule has 152 valence electrons. The maximum Gasteiger partial charge on any atom is 0.230 e. The summed E-state index contributed by atoms with van der Waals surface area (Å²) in [6, 6.07) is 17.9. The van der Waals surface area contributed by atoms with Crippen LogP contribution in [0.2, 0.25) is 0 Å². The van der Waals surface area contributed by atoms with Gasteiger partial charge in [0.05, 0.1) is 12.9 Å². The third kappa shape index (κ3) is 5.38. The number of nitrogens with one attached hydrogen (secondary N) is 1. The van der Waals surface area contributed by atoms with Gasteiger partial charge in [-0.3, -0.25) is 4.79 Å². The quantitative estimate of drug-likeness (QED) is 0.540. The molecule has 0 aliphatic heterocycles. The molecule has 7 heteroatoms. The van der Waals surface area contributed by atoms with Gasteiger partial charge in [0.1, 0.15) is 5.75 Å². The van der Waals surface area contributed by atoms with E-state index in [0.29, 0.717) is 12.3 Å². The lowest BCUT2D eigenvalue weighted by molar-refractivity contribution is -0.118. The highest BCUT2D eigenvalue weighted by Gasteiger charge is 2.15. The number of nitrogens with zero attached hydrogens (tertiary/aromatic N) is 3. The number of aromatic nitrogens is 3. The van der Waals surface area contributed by atoms with E-state index < -0.39 is 0 Å². The second kappa shape index (κ2) is 10.1. The Morgan fingerprint density at radius 1 is 1.14 bits per heavy atom. The van der Waals surface area contributed by atoms with Gasteiger partial charge >= 0.3 is 0 Å². The van der Waals surface area contributed by atoms with Crippen LogP contribution in [0.25, 0.3) is 11.4 Å². The third-order valence-corrected chi connectivity index (χ3v) is 5.65. The molecule has 3 aromatic rings. The Labute approximate surface area is 175 Å². The van der Waals surface area contributed by atoms with Crippen molar-refractivity contribution < 1.29 is 9.53 Å². The van der Waals surface area contributed by atoms with Crippen molar-refractivity contribution in [2.45, 2.75) is 31.5 Å². The summed E-state index contributed by atoms with van der Waals surface area (Å²) >= 11 is 1.40. The summed E-state index contributed by atoms with van der Waals surface area (Å²) in [5, 5.41) is 12.4. The predicted molar refractivity (Wildman–Crippen MR) is 116 cm³/mol. The molecule has 1 heterocycles. The van der Waals surface area contributed by atoms with Crippen LogP contribution in [0, 0.1) is 0 Å². The summed E-state index contributed by atoms with van der Waals surface area (Å²) in [4.78, 5) is 12.3. The van der Waals surface area contributed by atoms with E-state index in [1.165, 1.54) is 17.3 Å². The normalized spacial score (nSPS) is 11.8. The highest BCUT2D eigenvalue weighted by Crippen LogP contribution is 2.25. The van der Waals surface area contributed by atoms with Gasteiger partial charge in [-0.15, -0.1) is 10.2 Å². The lowest BCUT2D eigenvalue weighted by Gasteiger charge is -2.13. The molecular formula is C22H26N4O2S. The zero-order valence-electron chi connectivity index (χ0n) is 17.0. The molecule has 1 N–H and O–H groups in total. The topological polar surface area (TPSA) is 69.0 Å². The molecule has 3 rings (SSSR count). The maximum atomic E-state index is 12.3. The highest BCUT2D eigenvalue weighted by molar-refractivity contribution is 7.99. The Hall–Kier alpha value is -2.80. The molecule has 2 aromatic carbocycles. The second-order valence-electron chi connectivity index (χ2n) is 6.68. The zero-order valence-corrected chi connectivity index (χ0v) is 17.8. The van der Waals surface area contributed by atoms with Crippen LogP contribution < -0.4 is 10.1 Å². The van der Waals surface area contributed by atoms with Crippen molar-refractivity contribution >= 4 is 17.7 Å². The summed E-state index contributed by atoms with van der Waals surface area (Å²) in [6.07, 6.45) is 0. The minimum Gasteiger partial charge on any atom is -0.497 e. The van der Waals surface area contributed by atoms with E-state index in [0.717, 1.165) is 28.8 Å². The smallest absolute Gasteiger partial charge is 0.230 e. The number of carbonyl (C=O) groups excluding carboxylic acids is 1. The standard InChI is InChI=1S/C22H26N4O2S/c1-4-26-21(18-10-12-19(28-3)13-11-18)24-25-22(26)29-15-20(27)23-14-16(2)17-8-6-5-7-9-17/h5-13,16H,4,14-15H2,1-3H3,(H,23,27)/t16-/m1/s1. The third-order valence-electron chi connectivity index (χ3n) is 4.69. The molecule has 1 aromatic heterocycles. The van der Waals surface area contributed by atoms with Crippen molar-refractivity contribution in [3.63, 3.8) is 0 Å². The van der Waals surface area contributed by atoms with Crippen LogP contribution in [0.15, 0.2) is 59.8 Å². The van der Waals surface area contributed by atoms with E-state index in [1.54, 1.807) is 7.11 Å². The summed E-state index contributed by atoms with van der Waals surface area (Å²) in [6.45, 7) is 5.49. The van der Waals surface area contributed by atoms with Crippen LogP contribution in [-0.2, 0) is 11.3 Å². The lowest BCUT2D eigenvalue weighted by Crippen LogP contribution is -2.29. The first-order chi connectivity index (χ1) is 14.1. The molecule has 6 nitrogen and oxygen atoms in total. The second-order valence-corrected chi connectivity index (χ2v) is 7.63. The number of hydrogen-bond donors (Lipinski definition) is 1. The fourth-order valence-electron chi connectivity index (χ4n) is 2.98. The van der Waals surface area contributed by atoms with Crippen molar-refractivity contribution in [2.24, 2.45) is 0 Å². The van der Waals surface area contributed by atoms with Gasteiger partial charge in [0.25, 0.3) is 0 Å². The average molecular weight is 411 g/mol. The molecule has 0 bridgehead atoms. The van der Waals surface area contributed by atoms with Crippen molar-refractivity contribution in [1.82, 2.24) is 20.1 Å². The number of carbonyl (C=O) groups is 1. The first kappa shape index (κ1) is 20.9. The van der Waals surface area contributed by atoms with E-state index in [4.69, 9.17) is 4.74 Å². The summed E-state index contributed by atoms with van der Waals surface area (Å²) in [5.41, 5.74) is 2.18. The van der Waals surface area contributed by atoms with Gasteiger partial charge in [0.15, 0.2) is 11.0 Å². The van der Waals surface area contributed by atoms with Crippen molar-refractivity contribution in [2.75, 3.05) is 19.4 Å². The van der Waals surface area contributed by atoms with E-state index in [1.807, 2.05) is 54.0 Å². The Morgan fingerprint density at radius 2 is 1.86 bits per heavy atom. The van der Waals surface area contributed by atoms with Crippen LogP contribution in [-0.4, -0.2) is 40.1 Å². The van der Waals surface area contributed by atoms with Crippen molar-refractivity contribution in [3.05, 3.63) is 60.2 Å². The van der Waals surface area contributed by atoms with Gasteiger partial charge in [-0.1, -0.05) is 49.0 Å². The lowest BCUT2D eigenvalue weighted by atomic mass is 10.0. The molecule has 0 unspecified atom stereocenters. The number of hydrogen-bond acceptors (Lipinski definition) is 5. The number of amides is 1. The largest absolute Gasteiger partial charge is 0.497 e. The fourth-order valence-corrected chi connectivity index (χ4v) is 3.81. The Balaban J connectivity index is 1.57. The maximum absolute atomic E-state index is 12.3. The first-order valence-corrected chi connectivity index (χ1v) is 10.6. The zero-order chi connectivity index (χ0) is 20.6. The van der Waals surface area contributed by atoms with Crippen LogP contribution in [0.5, 0.6) is 5.75 Å². The Morgan fingerprint density at radius 3 is 2.52 bits per heavy atom. The molecule has 0 radical (unpaired) electrons. The number of methoxy groups -OCH3 is 1.